The molecular formula is C12H18. The van der Waals surface area contributed by atoms with E-state index in [2.05, 4.69) is 39.0 Å². The highest BCUT2D eigenvalue weighted by Crippen LogP contribution is 2.42. The van der Waals surface area contributed by atoms with Gasteiger partial charge in [0.25, 0.3) is 0 Å². The van der Waals surface area contributed by atoms with Crippen LogP contribution in [-0.2, 0) is 0 Å². The second-order valence-corrected chi connectivity index (χ2v) is 5.37. The number of hydrogen-bond donors (Lipinski definition) is 0. The second-order valence-electron chi connectivity index (χ2n) is 5.37. The number of hydrogen-bond acceptors (Lipinski definition) is 0. The van der Waals surface area contributed by atoms with Crippen molar-refractivity contribution in [1.82, 2.24) is 0 Å². The van der Waals surface area contributed by atoms with Crippen LogP contribution < -0.4 is 0 Å². The standard InChI is InChI=1S/C12H18/c1-12(2,3)8-11-7-9-4-5-10(11)6-9/h4-5,7,9-10H,6,8H2,1-3H3. The van der Waals surface area contributed by atoms with Gasteiger partial charge in [-0.15, -0.1) is 0 Å². The summed E-state index contributed by atoms with van der Waals surface area (Å²) >= 11 is 0. The summed E-state index contributed by atoms with van der Waals surface area (Å²) in [5, 5.41) is 0. The van der Waals surface area contributed by atoms with Crippen LogP contribution in [-0.4, -0.2) is 0 Å². The zero-order valence-corrected chi connectivity index (χ0v) is 8.30. The van der Waals surface area contributed by atoms with E-state index in [-0.39, 0.29) is 0 Å². The smallest absolute Gasteiger partial charge is 0.00141 e. The largest absolute Gasteiger partial charge is 0.0810 e. The summed E-state index contributed by atoms with van der Waals surface area (Å²) in [6.07, 6.45) is 9.88. The van der Waals surface area contributed by atoms with Crippen LogP contribution >= 0.6 is 0 Å². The lowest BCUT2D eigenvalue weighted by Crippen LogP contribution is -2.08. The molecule has 2 atom stereocenters. The third-order valence-corrected chi connectivity index (χ3v) is 2.76. The Morgan fingerprint density at radius 2 is 2.08 bits per heavy atom. The molecule has 0 heterocycles. The van der Waals surface area contributed by atoms with Crippen LogP contribution in [0.3, 0.4) is 0 Å². The second kappa shape index (κ2) is 2.48. The average Bonchev–Trinajstić information content (AvgIpc) is 2.42. The van der Waals surface area contributed by atoms with Crippen LogP contribution in [0.15, 0.2) is 23.8 Å². The van der Waals surface area contributed by atoms with Crippen LogP contribution in [0.1, 0.15) is 33.6 Å². The maximum absolute atomic E-state index is 2.48. The summed E-state index contributed by atoms with van der Waals surface area (Å²) in [6.45, 7) is 6.97. The van der Waals surface area contributed by atoms with Gasteiger partial charge in [-0.2, -0.15) is 0 Å². The Kier molecular flexibility index (Phi) is 1.67. The van der Waals surface area contributed by atoms with E-state index in [0.29, 0.717) is 5.41 Å². The minimum Gasteiger partial charge on any atom is -0.0810 e. The fourth-order valence-electron chi connectivity index (χ4n) is 2.33. The molecule has 0 aliphatic heterocycles. The molecule has 0 spiro atoms. The molecule has 0 aromatic heterocycles. The van der Waals surface area contributed by atoms with Gasteiger partial charge in [0.1, 0.15) is 0 Å². The zero-order chi connectivity index (χ0) is 8.77. The van der Waals surface area contributed by atoms with E-state index in [0.717, 1.165) is 11.8 Å². The predicted octanol–water partition coefficient (Wildman–Crippen LogP) is 3.55. The van der Waals surface area contributed by atoms with Crippen molar-refractivity contribution in [2.24, 2.45) is 17.3 Å². The van der Waals surface area contributed by atoms with Crippen molar-refractivity contribution in [3.8, 4) is 0 Å². The lowest BCUT2D eigenvalue weighted by molar-refractivity contribution is 0.398. The Hall–Kier alpha value is -0.520. The molecule has 2 bridgehead atoms. The van der Waals surface area contributed by atoms with Gasteiger partial charge in [0.05, 0.1) is 0 Å². The first kappa shape index (κ1) is 8.10. The van der Waals surface area contributed by atoms with Crippen molar-refractivity contribution in [2.75, 3.05) is 0 Å². The van der Waals surface area contributed by atoms with E-state index in [1.54, 1.807) is 5.57 Å². The molecule has 2 aliphatic carbocycles. The maximum Gasteiger partial charge on any atom is -0.00141 e. The summed E-state index contributed by atoms with van der Waals surface area (Å²) < 4.78 is 0. The molecule has 12 heavy (non-hydrogen) atoms. The van der Waals surface area contributed by atoms with E-state index in [4.69, 9.17) is 0 Å². The normalized spacial score (nSPS) is 32.8. The van der Waals surface area contributed by atoms with Gasteiger partial charge in [-0.25, -0.2) is 0 Å². The van der Waals surface area contributed by atoms with E-state index in [1.165, 1.54) is 12.8 Å². The summed E-state index contributed by atoms with van der Waals surface area (Å²) in [7, 11) is 0. The Balaban J connectivity index is 2.04. The quantitative estimate of drug-likeness (QED) is 0.517. The summed E-state index contributed by atoms with van der Waals surface area (Å²) in [5.74, 6) is 1.58. The van der Waals surface area contributed by atoms with Crippen molar-refractivity contribution in [3.63, 3.8) is 0 Å². The highest BCUT2D eigenvalue weighted by atomic mass is 14.3. The molecule has 2 aliphatic rings. The highest BCUT2D eigenvalue weighted by molar-refractivity contribution is 5.30. The van der Waals surface area contributed by atoms with Crippen molar-refractivity contribution >= 4 is 0 Å². The molecule has 0 N–H and O–H groups in total. The predicted molar refractivity (Wildman–Crippen MR) is 52.9 cm³/mol. The molecule has 0 saturated carbocycles. The SMILES string of the molecule is CC(C)(C)CC1=CC2C=CC1C2. The van der Waals surface area contributed by atoms with E-state index in [1.807, 2.05) is 0 Å². The van der Waals surface area contributed by atoms with Crippen LogP contribution in [0.5, 0.6) is 0 Å². The molecule has 2 unspecified atom stereocenters. The number of allylic oxidation sites excluding steroid dienone is 4. The van der Waals surface area contributed by atoms with Gasteiger partial charge in [-0.3, -0.25) is 0 Å². The summed E-state index contributed by atoms with van der Waals surface area (Å²) in [4.78, 5) is 0. The van der Waals surface area contributed by atoms with Gasteiger partial charge in [0.2, 0.25) is 0 Å². The molecule has 0 nitrogen and oxygen atoms in total. The minimum absolute atomic E-state index is 0.462. The topological polar surface area (TPSA) is 0 Å². The van der Waals surface area contributed by atoms with Crippen LogP contribution in [0, 0.1) is 17.3 Å². The van der Waals surface area contributed by atoms with Crippen LogP contribution in [0.25, 0.3) is 0 Å². The maximum atomic E-state index is 2.48. The Labute approximate surface area is 75.4 Å². The van der Waals surface area contributed by atoms with Gasteiger partial charge >= 0.3 is 0 Å². The highest BCUT2D eigenvalue weighted by Gasteiger charge is 2.29. The third kappa shape index (κ3) is 1.48. The molecule has 0 saturated heterocycles. The Morgan fingerprint density at radius 1 is 1.33 bits per heavy atom. The number of fused-ring (bicyclic) bond motifs is 2. The average molecular weight is 162 g/mol. The van der Waals surface area contributed by atoms with Crippen molar-refractivity contribution in [2.45, 2.75) is 33.6 Å². The van der Waals surface area contributed by atoms with Gasteiger partial charge < -0.3 is 0 Å². The summed E-state index contributed by atoms with van der Waals surface area (Å²) in [6, 6.07) is 0. The lowest BCUT2D eigenvalue weighted by atomic mass is 9.84. The molecular weight excluding hydrogens is 144 g/mol. The van der Waals surface area contributed by atoms with Crippen LogP contribution in [0.2, 0.25) is 0 Å². The van der Waals surface area contributed by atoms with E-state index >= 15 is 0 Å². The molecule has 0 radical (unpaired) electrons. The van der Waals surface area contributed by atoms with E-state index in [9.17, 15) is 0 Å². The minimum atomic E-state index is 0.462. The fraction of sp³-hybridized carbons (Fsp3) is 0.667. The first-order valence-electron chi connectivity index (χ1n) is 4.93. The van der Waals surface area contributed by atoms with Crippen LogP contribution in [0.4, 0.5) is 0 Å². The molecule has 0 fully saturated rings. The monoisotopic (exact) mass is 162 g/mol. The Morgan fingerprint density at radius 3 is 2.50 bits per heavy atom. The molecule has 0 aromatic carbocycles. The first-order valence-corrected chi connectivity index (χ1v) is 4.93. The van der Waals surface area contributed by atoms with E-state index < -0.39 is 0 Å². The first-order chi connectivity index (χ1) is 5.54. The van der Waals surface area contributed by atoms with Crippen molar-refractivity contribution in [3.05, 3.63) is 23.8 Å². The van der Waals surface area contributed by atoms with Crippen molar-refractivity contribution < 1.29 is 0 Å². The van der Waals surface area contributed by atoms with Gasteiger partial charge in [0.15, 0.2) is 0 Å². The Bertz CT molecular complexity index is 237. The van der Waals surface area contributed by atoms with Gasteiger partial charge in [0, 0.05) is 0 Å². The third-order valence-electron chi connectivity index (χ3n) is 2.76. The molecule has 0 aromatic rings. The van der Waals surface area contributed by atoms with Gasteiger partial charge in [-0.1, -0.05) is 44.6 Å². The number of rotatable bonds is 1. The van der Waals surface area contributed by atoms with Crippen molar-refractivity contribution in [1.29, 1.82) is 0 Å². The molecule has 66 valence electrons. The molecule has 2 rings (SSSR count). The molecule has 0 heteroatoms. The lowest BCUT2D eigenvalue weighted by Gasteiger charge is -2.21. The summed E-state index contributed by atoms with van der Waals surface area (Å²) in [5.41, 5.74) is 2.15. The molecule has 0 amide bonds. The van der Waals surface area contributed by atoms with Gasteiger partial charge in [-0.05, 0) is 30.1 Å². The fourth-order valence-corrected chi connectivity index (χ4v) is 2.33. The zero-order valence-electron chi connectivity index (χ0n) is 8.30.